The highest BCUT2D eigenvalue weighted by Crippen LogP contribution is 2.25. The SMILES string of the molecule is N#Cc1cccc(COc2cc(Cl)cc(Cl)c2)c1F. The molecule has 0 radical (unpaired) electrons. The number of nitriles is 1. The van der Waals surface area contributed by atoms with Gasteiger partial charge in [-0.25, -0.2) is 4.39 Å². The number of nitrogens with zero attached hydrogens (tertiary/aromatic N) is 1. The molecule has 2 nitrogen and oxygen atoms in total. The Labute approximate surface area is 119 Å². The smallest absolute Gasteiger partial charge is 0.147 e. The van der Waals surface area contributed by atoms with Crippen LogP contribution in [0.2, 0.25) is 10.0 Å². The van der Waals surface area contributed by atoms with Crippen LogP contribution >= 0.6 is 23.2 Å². The summed E-state index contributed by atoms with van der Waals surface area (Å²) in [5.41, 5.74) is 0.292. The van der Waals surface area contributed by atoms with E-state index in [0.29, 0.717) is 21.4 Å². The van der Waals surface area contributed by atoms with E-state index in [1.165, 1.54) is 6.07 Å². The lowest BCUT2D eigenvalue weighted by Crippen LogP contribution is -2.00. The molecule has 0 saturated heterocycles. The molecule has 0 saturated carbocycles. The van der Waals surface area contributed by atoms with Crippen LogP contribution in [0.15, 0.2) is 36.4 Å². The summed E-state index contributed by atoms with van der Waals surface area (Å²) in [7, 11) is 0. The van der Waals surface area contributed by atoms with Crippen molar-refractivity contribution in [3.63, 3.8) is 0 Å². The Bertz CT molecular complexity index is 632. The molecule has 2 aromatic rings. The van der Waals surface area contributed by atoms with Gasteiger partial charge in [0.1, 0.15) is 24.2 Å². The molecule has 0 unspecified atom stereocenters. The van der Waals surface area contributed by atoms with Gasteiger partial charge in [0.15, 0.2) is 0 Å². The molecule has 0 amide bonds. The lowest BCUT2D eigenvalue weighted by atomic mass is 10.1. The zero-order chi connectivity index (χ0) is 13.8. The Kier molecular flexibility index (Phi) is 4.26. The molecule has 19 heavy (non-hydrogen) atoms. The van der Waals surface area contributed by atoms with Crippen LogP contribution in [0, 0.1) is 17.1 Å². The van der Waals surface area contributed by atoms with Crippen molar-refractivity contribution in [2.75, 3.05) is 0 Å². The molecule has 2 aromatic carbocycles. The van der Waals surface area contributed by atoms with Gasteiger partial charge in [0, 0.05) is 15.6 Å². The first-order valence-electron chi connectivity index (χ1n) is 5.36. The molecule has 2 rings (SSSR count). The number of ether oxygens (including phenoxy) is 1. The van der Waals surface area contributed by atoms with Gasteiger partial charge in [-0.3, -0.25) is 0 Å². The van der Waals surface area contributed by atoms with E-state index in [0.717, 1.165) is 0 Å². The minimum Gasteiger partial charge on any atom is -0.489 e. The highest BCUT2D eigenvalue weighted by atomic mass is 35.5. The average molecular weight is 296 g/mol. The van der Waals surface area contributed by atoms with E-state index >= 15 is 0 Å². The second-order valence-electron chi connectivity index (χ2n) is 3.78. The Hall–Kier alpha value is -1.76. The van der Waals surface area contributed by atoms with Crippen LogP contribution in [0.3, 0.4) is 0 Å². The normalized spacial score (nSPS) is 10.0. The van der Waals surface area contributed by atoms with Gasteiger partial charge >= 0.3 is 0 Å². The fraction of sp³-hybridized carbons (Fsp3) is 0.0714. The molecule has 96 valence electrons. The molecule has 0 spiro atoms. The van der Waals surface area contributed by atoms with Crippen LogP contribution < -0.4 is 4.74 Å². The highest BCUT2D eigenvalue weighted by molar-refractivity contribution is 6.34. The molecule has 0 N–H and O–H groups in total. The van der Waals surface area contributed by atoms with E-state index in [4.69, 9.17) is 33.2 Å². The lowest BCUT2D eigenvalue weighted by Gasteiger charge is -2.08. The summed E-state index contributed by atoms with van der Waals surface area (Å²) in [6.45, 7) is -0.00196. The van der Waals surface area contributed by atoms with Crippen LogP contribution in [-0.4, -0.2) is 0 Å². The summed E-state index contributed by atoms with van der Waals surface area (Å²) in [5.74, 6) is -0.127. The summed E-state index contributed by atoms with van der Waals surface area (Å²) in [6, 6.07) is 11.1. The standard InChI is InChI=1S/C14H8Cl2FNO/c15-11-4-12(16)6-13(5-11)19-8-10-3-1-2-9(7-18)14(10)17/h1-6H,8H2. The summed E-state index contributed by atoms with van der Waals surface area (Å²) < 4.78 is 19.2. The molecule has 0 bridgehead atoms. The van der Waals surface area contributed by atoms with Crippen LogP contribution in [0.5, 0.6) is 5.75 Å². The van der Waals surface area contributed by atoms with Gasteiger partial charge in [0.05, 0.1) is 5.56 Å². The van der Waals surface area contributed by atoms with E-state index in [2.05, 4.69) is 0 Å². The number of halogens is 3. The average Bonchev–Trinajstić information content (AvgIpc) is 2.36. The second kappa shape index (κ2) is 5.92. The van der Waals surface area contributed by atoms with Crippen molar-refractivity contribution in [1.82, 2.24) is 0 Å². The molecular weight excluding hydrogens is 288 g/mol. The van der Waals surface area contributed by atoms with Crippen LogP contribution in [0.4, 0.5) is 4.39 Å². The highest BCUT2D eigenvalue weighted by Gasteiger charge is 2.08. The fourth-order valence-corrected chi connectivity index (χ4v) is 2.06. The van der Waals surface area contributed by atoms with Gasteiger partial charge < -0.3 is 4.74 Å². The third kappa shape index (κ3) is 3.37. The molecule has 0 fully saturated rings. The van der Waals surface area contributed by atoms with Gasteiger partial charge in [-0.1, -0.05) is 35.3 Å². The minimum atomic E-state index is -0.571. The van der Waals surface area contributed by atoms with E-state index in [1.54, 1.807) is 36.4 Å². The van der Waals surface area contributed by atoms with Gasteiger partial charge in [0.2, 0.25) is 0 Å². The van der Waals surface area contributed by atoms with E-state index in [1.807, 2.05) is 0 Å². The molecule has 0 atom stereocenters. The van der Waals surface area contributed by atoms with Crippen molar-refractivity contribution < 1.29 is 9.13 Å². The Morgan fingerprint density at radius 1 is 1.16 bits per heavy atom. The maximum Gasteiger partial charge on any atom is 0.147 e. The summed E-state index contributed by atoms with van der Waals surface area (Å²) in [4.78, 5) is 0. The lowest BCUT2D eigenvalue weighted by molar-refractivity contribution is 0.300. The van der Waals surface area contributed by atoms with Crippen molar-refractivity contribution >= 4 is 23.2 Å². The van der Waals surface area contributed by atoms with E-state index in [9.17, 15) is 4.39 Å². The number of rotatable bonds is 3. The third-order valence-electron chi connectivity index (χ3n) is 2.43. The maximum absolute atomic E-state index is 13.8. The number of hydrogen-bond donors (Lipinski definition) is 0. The monoisotopic (exact) mass is 295 g/mol. The Morgan fingerprint density at radius 2 is 1.84 bits per heavy atom. The molecule has 0 aromatic heterocycles. The predicted octanol–water partition coefficient (Wildman–Crippen LogP) is 4.58. The third-order valence-corrected chi connectivity index (χ3v) is 2.87. The van der Waals surface area contributed by atoms with Crippen LogP contribution in [0.25, 0.3) is 0 Å². The first kappa shape index (κ1) is 13.7. The molecule has 0 aliphatic heterocycles. The van der Waals surface area contributed by atoms with Crippen molar-refractivity contribution in [2.45, 2.75) is 6.61 Å². The summed E-state index contributed by atoms with van der Waals surface area (Å²) >= 11 is 11.7. The Morgan fingerprint density at radius 3 is 2.47 bits per heavy atom. The molecule has 0 heterocycles. The van der Waals surface area contributed by atoms with Crippen molar-refractivity contribution in [2.24, 2.45) is 0 Å². The van der Waals surface area contributed by atoms with Gasteiger partial charge in [-0.15, -0.1) is 0 Å². The minimum absolute atomic E-state index is 0.00196. The zero-order valence-corrected chi connectivity index (χ0v) is 11.2. The van der Waals surface area contributed by atoms with E-state index < -0.39 is 5.82 Å². The second-order valence-corrected chi connectivity index (χ2v) is 4.66. The van der Waals surface area contributed by atoms with Gasteiger partial charge in [-0.2, -0.15) is 5.26 Å². The van der Waals surface area contributed by atoms with Gasteiger partial charge in [0.25, 0.3) is 0 Å². The predicted molar refractivity (Wildman–Crippen MR) is 71.9 cm³/mol. The van der Waals surface area contributed by atoms with Crippen molar-refractivity contribution in [1.29, 1.82) is 5.26 Å². The number of hydrogen-bond acceptors (Lipinski definition) is 2. The summed E-state index contributed by atoms with van der Waals surface area (Å²) in [6.07, 6.45) is 0. The first-order chi connectivity index (χ1) is 9.10. The Balaban J connectivity index is 2.17. The number of benzene rings is 2. The molecule has 0 aliphatic rings. The quantitative estimate of drug-likeness (QED) is 0.830. The largest absolute Gasteiger partial charge is 0.489 e. The molecule has 5 heteroatoms. The fourth-order valence-electron chi connectivity index (χ4n) is 1.55. The zero-order valence-electron chi connectivity index (χ0n) is 9.66. The van der Waals surface area contributed by atoms with Gasteiger partial charge in [-0.05, 0) is 24.3 Å². The topological polar surface area (TPSA) is 33.0 Å². The van der Waals surface area contributed by atoms with Crippen molar-refractivity contribution in [3.05, 3.63) is 63.4 Å². The van der Waals surface area contributed by atoms with Crippen LogP contribution in [-0.2, 0) is 6.61 Å². The first-order valence-corrected chi connectivity index (χ1v) is 6.12. The maximum atomic E-state index is 13.8. The van der Waals surface area contributed by atoms with E-state index in [-0.39, 0.29) is 12.2 Å². The van der Waals surface area contributed by atoms with Crippen LogP contribution in [0.1, 0.15) is 11.1 Å². The molecule has 0 aliphatic carbocycles. The van der Waals surface area contributed by atoms with Crippen molar-refractivity contribution in [3.8, 4) is 11.8 Å². The molecular formula is C14H8Cl2FNO. The summed E-state index contributed by atoms with van der Waals surface area (Å²) in [5, 5.41) is 9.61.